The normalized spacial score (nSPS) is 12.4. The molecule has 1 aromatic carbocycles. The van der Waals surface area contributed by atoms with Gasteiger partial charge in [0.15, 0.2) is 5.82 Å². The molecule has 0 radical (unpaired) electrons. The maximum Gasteiger partial charge on any atom is 0.159 e. The van der Waals surface area contributed by atoms with Crippen molar-refractivity contribution >= 4 is 0 Å². The quantitative estimate of drug-likeness (QED) is 0.855. The Kier molecular flexibility index (Phi) is 3.22. The third kappa shape index (κ3) is 2.61. The summed E-state index contributed by atoms with van der Waals surface area (Å²) < 4.78 is 12.6. The third-order valence-corrected chi connectivity index (χ3v) is 2.23. The van der Waals surface area contributed by atoms with E-state index in [1.807, 2.05) is 30.3 Å². The molecule has 1 N–H and O–H groups in total. The van der Waals surface area contributed by atoms with E-state index in [1.54, 1.807) is 0 Å². The maximum absolute atomic E-state index is 12.6. The minimum Gasteiger partial charge on any atom is -0.388 e. The molecule has 2 aromatic rings. The molecule has 16 heavy (non-hydrogen) atoms. The predicted molar refractivity (Wildman–Crippen MR) is 57.1 cm³/mol. The Hall–Kier alpha value is -1.81. The molecule has 0 aliphatic rings. The van der Waals surface area contributed by atoms with Crippen LogP contribution in [0.25, 0.3) is 0 Å². The van der Waals surface area contributed by atoms with Gasteiger partial charge in [-0.05, 0) is 5.56 Å². The molecule has 0 fully saturated rings. The molecule has 0 aliphatic heterocycles. The van der Waals surface area contributed by atoms with E-state index in [9.17, 15) is 9.50 Å². The molecule has 1 heterocycles. The largest absolute Gasteiger partial charge is 0.388 e. The first-order chi connectivity index (χ1) is 7.75. The highest BCUT2D eigenvalue weighted by Gasteiger charge is 2.09. The monoisotopic (exact) mass is 218 g/mol. The van der Waals surface area contributed by atoms with Crippen LogP contribution in [-0.2, 0) is 6.42 Å². The van der Waals surface area contributed by atoms with Gasteiger partial charge < -0.3 is 5.11 Å². The number of hydrogen-bond donors (Lipinski definition) is 1. The lowest BCUT2D eigenvalue weighted by molar-refractivity contribution is 0.175. The summed E-state index contributed by atoms with van der Waals surface area (Å²) >= 11 is 0. The lowest BCUT2D eigenvalue weighted by atomic mass is 10.1. The smallest absolute Gasteiger partial charge is 0.159 e. The Balaban J connectivity index is 2.08. The van der Waals surface area contributed by atoms with Gasteiger partial charge in [0.25, 0.3) is 0 Å². The molecule has 1 unspecified atom stereocenters. The zero-order valence-corrected chi connectivity index (χ0v) is 8.55. The van der Waals surface area contributed by atoms with Crippen molar-refractivity contribution in [2.45, 2.75) is 12.5 Å². The van der Waals surface area contributed by atoms with E-state index in [0.29, 0.717) is 5.82 Å². The molecule has 0 saturated carbocycles. The average molecular weight is 218 g/mol. The molecule has 3 nitrogen and oxygen atoms in total. The summed E-state index contributed by atoms with van der Waals surface area (Å²) in [6.45, 7) is 0. The second-order valence-corrected chi connectivity index (χ2v) is 3.45. The lowest BCUT2D eigenvalue weighted by Gasteiger charge is -2.09. The SMILES string of the molecule is OC(Cc1ncc(F)cn1)c1ccccc1. The Labute approximate surface area is 92.6 Å². The van der Waals surface area contributed by atoms with Gasteiger partial charge in [0.05, 0.1) is 18.5 Å². The predicted octanol–water partition coefficient (Wildman–Crippen LogP) is 1.89. The van der Waals surface area contributed by atoms with Gasteiger partial charge in [0.2, 0.25) is 0 Å². The molecule has 0 saturated heterocycles. The summed E-state index contributed by atoms with van der Waals surface area (Å²) in [5.74, 6) is -0.0456. The summed E-state index contributed by atoms with van der Waals surface area (Å²) in [4.78, 5) is 7.60. The summed E-state index contributed by atoms with van der Waals surface area (Å²) in [6, 6.07) is 9.24. The summed E-state index contributed by atoms with van der Waals surface area (Å²) in [6.07, 6.45) is 1.82. The first kappa shape index (κ1) is 10.7. The summed E-state index contributed by atoms with van der Waals surface area (Å²) in [7, 11) is 0. The van der Waals surface area contributed by atoms with Crippen LogP contribution in [0, 0.1) is 5.82 Å². The molecule has 1 atom stereocenters. The van der Waals surface area contributed by atoms with Crippen LogP contribution in [-0.4, -0.2) is 15.1 Å². The molecule has 0 bridgehead atoms. The standard InChI is InChI=1S/C12H11FN2O/c13-10-7-14-12(15-8-10)6-11(16)9-4-2-1-3-5-9/h1-5,7-8,11,16H,6H2. The fourth-order valence-corrected chi connectivity index (χ4v) is 1.41. The number of hydrogen-bond acceptors (Lipinski definition) is 3. The third-order valence-electron chi connectivity index (χ3n) is 2.23. The molecular weight excluding hydrogens is 207 g/mol. The van der Waals surface area contributed by atoms with Gasteiger partial charge in [-0.1, -0.05) is 30.3 Å². The van der Waals surface area contributed by atoms with Gasteiger partial charge in [-0.15, -0.1) is 0 Å². The van der Waals surface area contributed by atoms with Crippen molar-refractivity contribution in [2.24, 2.45) is 0 Å². The first-order valence-corrected chi connectivity index (χ1v) is 4.95. The number of aliphatic hydroxyl groups excluding tert-OH is 1. The van der Waals surface area contributed by atoms with Crippen molar-refractivity contribution < 1.29 is 9.50 Å². The number of aliphatic hydroxyl groups is 1. The van der Waals surface area contributed by atoms with Gasteiger partial charge in [-0.25, -0.2) is 14.4 Å². The van der Waals surface area contributed by atoms with Gasteiger partial charge in [0.1, 0.15) is 5.82 Å². The van der Waals surface area contributed by atoms with E-state index in [0.717, 1.165) is 18.0 Å². The fraction of sp³-hybridized carbons (Fsp3) is 0.167. The van der Waals surface area contributed by atoms with Crippen LogP contribution in [0.3, 0.4) is 0 Å². The van der Waals surface area contributed by atoms with E-state index in [2.05, 4.69) is 9.97 Å². The van der Waals surface area contributed by atoms with E-state index >= 15 is 0 Å². The van der Waals surface area contributed by atoms with E-state index in [-0.39, 0.29) is 6.42 Å². The van der Waals surface area contributed by atoms with Crippen molar-refractivity contribution in [1.82, 2.24) is 9.97 Å². The molecular formula is C12H11FN2O. The molecule has 4 heteroatoms. The highest BCUT2D eigenvalue weighted by molar-refractivity contribution is 5.18. The lowest BCUT2D eigenvalue weighted by Crippen LogP contribution is -2.05. The molecule has 0 spiro atoms. The van der Waals surface area contributed by atoms with Crippen LogP contribution in [0.2, 0.25) is 0 Å². The number of aromatic nitrogens is 2. The van der Waals surface area contributed by atoms with Gasteiger partial charge in [0, 0.05) is 6.42 Å². The van der Waals surface area contributed by atoms with Gasteiger partial charge in [-0.2, -0.15) is 0 Å². The number of halogens is 1. The molecule has 0 aliphatic carbocycles. The van der Waals surface area contributed by atoms with E-state index < -0.39 is 11.9 Å². The van der Waals surface area contributed by atoms with E-state index in [4.69, 9.17) is 0 Å². The second kappa shape index (κ2) is 4.81. The van der Waals surface area contributed by atoms with Crippen molar-refractivity contribution in [3.8, 4) is 0 Å². The Morgan fingerprint density at radius 3 is 2.38 bits per heavy atom. The summed E-state index contributed by atoms with van der Waals surface area (Å²) in [5, 5.41) is 9.87. The van der Waals surface area contributed by atoms with Crippen LogP contribution < -0.4 is 0 Å². The number of rotatable bonds is 3. The van der Waals surface area contributed by atoms with Crippen LogP contribution in [0.1, 0.15) is 17.5 Å². The molecule has 82 valence electrons. The van der Waals surface area contributed by atoms with Crippen LogP contribution in [0.4, 0.5) is 4.39 Å². The van der Waals surface area contributed by atoms with Crippen molar-refractivity contribution in [3.63, 3.8) is 0 Å². The van der Waals surface area contributed by atoms with Gasteiger partial charge in [-0.3, -0.25) is 0 Å². The molecule has 0 amide bonds. The highest BCUT2D eigenvalue weighted by atomic mass is 19.1. The molecule has 1 aromatic heterocycles. The van der Waals surface area contributed by atoms with Crippen LogP contribution in [0.15, 0.2) is 42.7 Å². The van der Waals surface area contributed by atoms with Crippen molar-refractivity contribution in [2.75, 3.05) is 0 Å². The summed E-state index contributed by atoms with van der Waals surface area (Å²) in [5.41, 5.74) is 0.801. The maximum atomic E-state index is 12.6. The zero-order chi connectivity index (χ0) is 11.4. The van der Waals surface area contributed by atoms with Crippen LogP contribution in [0.5, 0.6) is 0 Å². The first-order valence-electron chi connectivity index (χ1n) is 4.95. The van der Waals surface area contributed by atoms with Crippen LogP contribution >= 0.6 is 0 Å². The van der Waals surface area contributed by atoms with Crippen molar-refractivity contribution in [1.29, 1.82) is 0 Å². The zero-order valence-electron chi connectivity index (χ0n) is 8.55. The topological polar surface area (TPSA) is 46.0 Å². The molecule has 2 rings (SSSR count). The Morgan fingerprint density at radius 1 is 1.12 bits per heavy atom. The highest BCUT2D eigenvalue weighted by Crippen LogP contribution is 2.15. The van der Waals surface area contributed by atoms with Gasteiger partial charge >= 0.3 is 0 Å². The Bertz CT molecular complexity index is 444. The fourth-order valence-electron chi connectivity index (χ4n) is 1.41. The minimum absolute atomic E-state index is 0.282. The van der Waals surface area contributed by atoms with Crippen molar-refractivity contribution in [3.05, 3.63) is 59.9 Å². The number of nitrogens with zero attached hydrogens (tertiary/aromatic N) is 2. The van der Waals surface area contributed by atoms with E-state index in [1.165, 1.54) is 0 Å². The Morgan fingerprint density at radius 2 is 1.75 bits per heavy atom. The number of benzene rings is 1. The average Bonchev–Trinajstić information content (AvgIpc) is 2.33. The minimum atomic E-state index is -0.660. The second-order valence-electron chi connectivity index (χ2n) is 3.45.